The topological polar surface area (TPSA) is 46.5 Å². The van der Waals surface area contributed by atoms with E-state index in [0.29, 0.717) is 12.3 Å². The molecule has 0 saturated heterocycles. The van der Waals surface area contributed by atoms with Crippen molar-refractivity contribution < 1.29 is 14.6 Å². The summed E-state index contributed by atoms with van der Waals surface area (Å²) in [6.45, 7) is 0. The smallest absolute Gasteiger partial charge is 0.303 e. The minimum absolute atomic E-state index is 0.157. The van der Waals surface area contributed by atoms with Crippen LogP contribution in [0.2, 0.25) is 0 Å². The molecular weight excluding hydrogens is 228 g/mol. The number of hydrogen-bond donors (Lipinski definition) is 1. The van der Waals surface area contributed by atoms with Crippen LogP contribution >= 0.6 is 0 Å². The van der Waals surface area contributed by atoms with Gasteiger partial charge in [0.2, 0.25) is 0 Å². The summed E-state index contributed by atoms with van der Waals surface area (Å²) in [5.41, 5.74) is 2.36. The molecule has 1 fully saturated rings. The highest BCUT2D eigenvalue weighted by Gasteiger charge is 2.18. The normalized spacial score (nSPS) is 15.8. The predicted molar refractivity (Wildman–Crippen MR) is 70.2 cm³/mol. The van der Waals surface area contributed by atoms with Gasteiger partial charge in [0.1, 0.15) is 5.75 Å². The van der Waals surface area contributed by atoms with Crippen LogP contribution in [0.3, 0.4) is 0 Å². The van der Waals surface area contributed by atoms with Crippen molar-refractivity contribution in [3.8, 4) is 5.75 Å². The summed E-state index contributed by atoms with van der Waals surface area (Å²) >= 11 is 0. The van der Waals surface area contributed by atoms with Crippen molar-refractivity contribution in [2.45, 2.75) is 44.4 Å². The van der Waals surface area contributed by atoms with Crippen molar-refractivity contribution >= 4 is 5.97 Å². The number of aryl methyl sites for hydroxylation is 1. The van der Waals surface area contributed by atoms with Crippen LogP contribution < -0.4 is 4.74 Å². The molecule has 0 amide bonds. The molecule has 18 heavy (non-hydrogen) atoms. The highest BCUT2D eigenvalue weighted by Crippen LogP contribution is 2.36. The standard InChI is InChI=1S/C15H20O3/c1-18-14-8-6-12(11-4-2-3-5-11)10-13(14)7-9-15(16)17/h6,8,10-11H,2-5,7,9H2,1H3,(H,16,17). The number of ether oxygens (including phenoxy) is 1. The lowest BCUT2D eigenvalue weighted by Crippen LogP contribution is -2.01. The van der Waals surface area contributed by atoms with Crippen molar-refractivity contribution in [3.63, 3.8) is 0 Å². The Labute approximate surface area is 108 Å². The maximum Gasteiger partial charge on any atom is 0.303 e. The molecule has 0 aromatic heterocycles. The van der Waals surface area contributed by atoms with Gasteiger partial charge < -0.3 is 9.84 Å². The van der Waals surface area contributed by atoms with Gasteiger partial charge in [-0.1, -0.05) is 25.0 Å². The largest absolute Gasteiger partial charge is 0.496 e. The van der Waals surface area contributed by atoms with Crippen molar-refractivity contribution in [1.82, 2.24) is 0 Å². The molecule has 0 radical (unpaired) electrons. The minimum Gasteiger partial charge on any atom is -0.496 e. The second-order valence-electron chi connectivity index (χ2n) is 4.95. The van der Waals surface area contributed by atoms with Gasteiger partial charge in [-0.05, 0) is 42.4 Å². The third-order valence-corrected chi connectivity index (χ3v) is 3.74. The quantitative estimate of drug-likeness (QED) is 0.869. The molecule has 98 valence electrons. The van der Waals surface area contributed by atoms with Crippen LogP contribution in [-0.4, -0.2) is 18.2 Å². The third-order valence-electron chi connectivity index (χ3n) is 3.74. The summed E-state index contributed by atoms with van der Waals surface area (Å²) < 4.78 is 5.30. The van der Waals surface area contributed by atoms with E-state index in [-0.39, 0.29) is 6.42 Å². The van der Waals surface area contributed by atoms with E-state index in [1.165, 1.54) is 31.2 Å². The molecule has 1 aromatic rings. The molecule has 3 nitrogen and oxygen atoms in total. The van der Waals surface area contributed by atoms with Crippen molar-refractivity contribution in [2.24, 2.45) is 0 Å². The van der Waals surface area contributed by atoms with Gasteiger partial charge in [-0.15, -0.1) is 0 Å². The number of carboxylic acids is 1. The maximum absolute atomic E-state index is 10.7. The van der Waals surface area contributed by atoms with E-state index in [1.54, 1.807) is 7.11 Å². The first-order valence-electron chi connectivity index (χ1n) is 6.59. The second kappa shape index (κ2) is 5.89. The first-order chi connectivity index (χ1) is 8.70. The van der Waals surface area contributed by atoms with Crippen LogP contribution in [-0.2, 0) is 11.2 Å². The van der Waals surface area contributed by atoms with Gasteiger partial charge in [0.15, 0.2) is 0 Å². The molecule has 0 atom stereocenters. The van der Waals surface area contributed by atoms with Gasteiger partial charge in [-0.25, -0.2) is 0 Å². The zero-order chi connectivity index (χ0) is 13.0. The van der Waals surface area contributed by atoms with Crippen LogP contribution in [0.5, 0.6) is 5.75 Å². The Morgan fingerprint density at radius 2 is 2.11 bits per heavy atom. The molecule has 1 saturated carbocycles. The summed E-state index contributed by atoms with van der Waals surface area (Å²) in [7, 11) is 1.63. The molecule has 1 aliphatic rings. The van der Waals surface area contributed by atoms with Gasteiger partial charge in [0.05, 0.1) is 7.11 Å². The van der Waals surface area contributed by atoms with E-state index in [1.807, 2.05) is 6.07 Å². The Balaban J connectivity index is 2.17. The summed E-state index contributed by atoms with van der Waals surface area (Å²) in [6.07, 6.45) is 5.82. The van der Waals surface area contributed by atoms with E-state index < -0.39 is 5.97 Å². The zero-order valence-electron chi connectivity index (χ0n) is 10.8. The van der Waals surface area contributed by atoms with Gasteiger partial charge in [0.25, 0.3) is 0 Å². The van der Waals surface area contributed by atoms with Crippen LogP contribution in [0.4, 0.5) is 0 Å². The minimum atomic E-state index is -0.761. The number of carboxylic acid groups (broad SMARTS) is 1. The molecule has 1 N–H and O–H groups in total. The number of methoxy groups -OCH3 is 1. The number of carbonyl (C=O) groups is 1. The van der Waals surface area contributed by atoms with Crippen molar-refractivity contribution in [3.05, 3.63) is 29.3 Å². The van der Waals surface area contributed by atoms with E-state index in [4.69, 9.17) is 9.84 Å². The summed E-state index contributed by atoms with van der Waals surface area (Å²) in [5, 5.41) is 8.78. The molecular formula is C15H20O3. The fraction of sp³-hybridized carbons (Fsp3) is 0.533. The lowest BCUT2D eigenvalue weighted by atomic mass is 9.94. The van der Waals surface area contributed by atoms with Crippen LogP contribution in [0.15, 0.2) is 18.2 Å². The fourth-order valence-corrected chi connectivity index (χ4v) is 2.75. The Morgan fingerprint density at radius 1 is 1.39 bits per heavy atom. The number of benzene rings is 1. The molecule has 0 heterocycles. The van der Waals surface area contributed by atoms with E-state index >= 15 is 0 Å². The zero-order valence-corrected chi connectivity index (χ0v) is 10.8. The third kappa shape index (κ3) is 3.03. The molecule has 0 aliphatic heterocycles. The van der Waals surface area contributed by atoms with Gasteiger partial charge >= 0.3 is 5.97 Å². The first-order valence-corrected chi connectivity index (χ1v) is 6.59. The highest BCUT2D eigenvalue weighted by molar-refractivity contribution is 5.67. The molecule has 2 rings (SSSR count). The highest BCUT2D eigenvalue weighted by atomic mass is 16.5. The Hall–Kier alpha value is -1.51. The van der Waals surface area contributed by atoms with Gasteiger partial charge in [-0.2, -0.15) is 0 Å². The second-order valence-corrected chi connectivity index (χ2v) is 4.95. The average molecular weight is 248 g/mol. The van der Waals surface area contributed by atoms with Gasteiger partial charge in [0, 0.05) is 6.42 Å². The lowest BCUT2D eigenvalue weighted by Gasteiger charge is -2.14. The average Bonchev–Trinajstić information content (AvgIpc) is 2.89. The van der Waals surface area contributed by atoms with E-state index in [0.717, 1.165) is 11.3 Å². The number of hydrogen-bond acceptors (Lipinski definition) is 2. The SMILES string of the molecule is COc1ccc(C2CCCC2)cc1CCC(=O)O. The summed E-state index contributed by atoms with van der Waals surface area (Å²) in [6, 6.07) is 6.24. The first kappa shape index (κ1) is 12.9. The van der Waals surface area contributed by atoms with Crippen LogP contribution in [0, 0.1) is 0 Å². The molecule has 3 heteroatoms. The molecule has 0 bridgehead atoms. The fourth-order valence-electron chi connectivity index (χ4n) is 2.75. The molecule has 0 spiro atoms. The maximum atomic E-state index is 10.7. The Bertz CT molecular complexity index is 420. The Kier molecular flexibility index (Phi) is 4.24. The van der Waals surface area contributed by atoms with Crippen molar-refractivity contribution in [1.29, 1.82) is 0 Å². The predicted octanol–water partition coefficient (Wildman–Crippen LogP) is 3.37. The molecule has 0 unspecified atom stereocenters. The van der Waals surface area contributed by atoms with Gasteiger partial charge in [-0.3, -0.25) is 4.79 Å². The van der Waals surface area contributed by atoms with E-state index in [2.05, 4.69) is 12.1 Å². The van der Waals surface area contributed by atoms with Crippen LogP contribution in [0.1, 0.15) is 49.1 Å². The lowest BCUT2D eigenvalue weighted by molar-refractivity contribution is -0.136. The molecule has 1 aliphatic carbocycles. The Morgan fingerprint density at radius 3 is 2.72 bits per heavy atom. The summed E-state index contributed by atoms with van der Waals surface area (Å²) in [4.78, 5) is 10.7. The molecule has 1 aromatic carbocycles. The van der Waals surface area contributed by atoms with Crippen molar-refractivity contribution in [2.75, 3.05) is 7.11 Å². The number of aliphatic carboxylic acids is 1. The van der Waals surface area contributed by atoms with Crippen LogP contribution in [0.25, 0.3) is 0 Å². The number of rotatable bonds is 5. The van der Waals surface area contributed by atoms with E-state index in [9.17, 15) is 4.79 Å². The summed E-state index contributed by atoms with van der Waals surface area (Å²) in [5.74, 6) is 0.695. The monoisotopic (exact) mass is 248 g/mol.